The van der Waals surface area contributed by atoms with Crippen molar-refractivity contribution in [1.82, 2.24) is 4.98 Å². The number of anilines is 2. The van der Waals surface area contributed by atoms with E-state index in [0.29, 0.717) is 0 Å². The maximum absolute atomic E-state index is 4.49. The second-order valence-corrected chi connectivity index (χ2v) is 6.15. The Morgan fingerprint density at radius 2 is 1.83 bits per heavy atom. The second-order valence-electron chi connectivity index (χ2n) is 5.12. The van der Waals surface area contributed by atoms with Gasteiger partial charge in [0.1, 0.15) is 0 Å². The van der Waals surface area contributed by atoms with Crippen LogP contribution in [0.2, 0.25) is 0 Å². The van der Waals surface area contributed by atoms with Crippen molar-refractivity contribution in [2.75, 3.05) is 23.4 Å². The maximum atomic E-state index is 4.49. The van der Waals surface area contributed by atoms with Crippen LogP contribution in [-0.4, -0.2) is 24.3 Å². The van der Waals surface area contributed by atoms with E-state index in [9.17, 15) is 0 Å². The summed E-state index contributed by atoms with van der Waals surface area (Å²) in [5.74, 6) is 0. The minimum Gasteiger partial charge on any atom is -0.372 e. The molecule has 0 aliphatic rings. The molecule has 4 nitrogen and oxygen atoms in total. The molecule has 3 aromatic rings. The van der Waals surface area contributed by atoms with Gasteiger partial charge in [-0.05, 0) is 43.7 Å². The van der Waals surface area contributed by atoms with E-state index in [1.165, 1.54) is 5.69 Å². The van der Waals surface area contributed by atoms with E-state index < -0.39 is 0 Å². The van der Waals surface area contributed by atoms with Gasteiger partial charge in [-0.25, -0.2) is 4.98 Å². The van der Waals surface area contributed by atoms with Crippen molar-refractivity contribution < 1.29 is 0 Å². The molecule has 0 amide bonds. The maximum Gasteiger partial charge on any atom is 0.204 e. The monoisotopic (exact) mass is 324 g/mol. The van der Waals surface area contributed by atoms with Gasteiger partial charge in [0.05, 0.1) is 16.4 Å². The highest BCUT2D eigenvalue weighted by atomic mass is 32.1. The third-order valence-electron chi connectivity index (χ3n) is 3.69. The molecule has 1 N–H and O–H groups in total. The number of thiazole rings is 1. The molecule has 0 saturated heterocycles. The van der Waals surface area contributed by atoms with Gasteiger partial charge >= 0.3 is 0 Å². The molecular weight excluding hydrogens is 304 g/mol. The lowest BCUT2D eigenvalue weighted by Crippen LogP contribution is -2.21. The SMILES string of the molecule is CCN(CC)c1ccc(/C=N/Nc2nc3ccccc3s2)cc1. The van der Waals surface area contributed by atoms with E-state index in [0.717, 1.165) is 34.0 Å². The Morgan fingerprint density at radius 1 is 1.09 bits per heavy atom. The lowest BCUT2D eigenvalue weighted by Gasteiger charge is -2.20. The van der Waals surface area contributed by atoms with Gasteiger partial charge < -0.3 is 4.90 Å². The molecule has 0 fully saturated rings. The first-order valence-corrected chi connectivity index (χ1v) is 8.61. The van der Waals surface area contributed by atoms with Crippen LogP contribution in [0.5, 0.6) is 0 Å². The summed E-state index contributed by atoms with van der Waals surface area (Å²) < 4.78 is 1.16. The Labute approximate surface area is 140 Å². The molecule has 2 aromatic carbocycles. The summed E-state index contributed by atoms with van der Waals surface area (Å²) in [4.78, 5) is 6.81. The molecule has 0 aliphatic heterocycles. The lowest BCUT2D eigenvalue weighted by atomic mass is 10.2. The molecule has 0 spiro atoms. The van der Waals surface area contributed by atoms with Crippen LogP contribution in [0.3, 0.4) is 0 Å². The average Bonchev–Trinajstić information content (AvgIpc) is 3.00. The third kappa shape index (κ3) is 3.68. The minimum absolute atomic E-state index is 0.808. The fourth-order valence-electron chi connectivity index (χ4n) is 2.44. The number of hydrazone groups is 1. The van der Waals surface area contributed by atoms with Gasteiger partial charge in [-0.3, -0.25) is 5.43 Å². The number of fused-ring (bicyclic) bond motifs is 1. The van der Waals surface area contributed by atoms with Gasteiger partial charge in [0.2, 0.25) is 5.13 Å². The highest BCUT2D eigenvalue weighted by Crippen LogP contribution is 2.25. The Balaban J connectivity index is 1.65. The smallest absolute Gasteiger partial charge is 0.204 e. The number of aromatic nitrogens is 1. The number of nitrogens with zero attached hydrogens (tertiary/aromatic N) is 3. The molecule has 5 heteroatoms. The molecule has 23 heavy (non-hydrogen) atoms. The van der Waals surface area contributed by atoms with Crippen LogP contribution in [-0.2, 0) is 0 Å². The van der Waals surface area contributed by atoms with Crippen LogP contribution in [0.25, 0.3) is 10.2 Å². The van der Waals surface area contributed by atoms with Gasteiger partial charge in [0.25, 0.3) is 0 Å². The summed E-state index contributed by atoms with van der Waals surface area (Å²) in [5, 5.41) is 5.09. The number of rotatable bonds is 6. The molecule has 1 heterocycles. The number of benzene rings is 2. The van der Waals surface area contributed by atoms with Crippen molar-refractivity contribution >= 4 is 38.6 Å². The number of hydrogen-bond donors (Lipinski definition) is 1. The molecule has 118 valence electrons. The van der Waals surface area contributed by atoms with Crippen molar-refractivity contribution in [1.29, 1.82) is 0 Å². The van der Waals surface area contributed by atoms with E-state index in [4.69, 9.17) is 0 Å². The van der Waals surface area contributed by atoms with E-state index in [2.05, 4.69) is 64.6 Å². The zero-order chi connectivity index (χ0) is 16.1. The van der Waals surface area contributed by atoms with Crippen LogP contribution in [0.4, 0.5) is 10.8 Å². The first-order chi connectivity index (χ1) is 11.3. The fraction of sp³-hybridized carbons (Fsp3) is 0.222. The molecule has 0 atom stereocenters. The van der Waals surface area contributed by atoms with Crippen molar-refractivity contribution in [2.24, 2.45) is 5.10 Å². The average molecular weight is 324 g/mol. The van der Waals surface area contributed by atoms with Gasteiger partial charge in [-0.2, -0.15) is 5.10 Å². The van der Waals surface area contributed by atoms with Crippen molar-refractivity contribution in [3.05, 3.63) is 54.1 Å². The molecule has 0 radical (unpaired) electrons. The highest BCUT2D eigenvalue weighted by Gasteiger charge is 2.02. The predicted octanol–water partition coefficient (Wildman–Crippen LogP) is 4.59. The largest absolute Gasteiger partial charge is 0.372 e. The Morgan fingerprint density at radius 3 is 2.52 bits per heavy atom. The summed E-state index contributed by atoms with van der Waals surface area (Å²) in [6.07, 6.45) is 1.82. The van der Waals surface area contributed by atoms with E-state index in [1.54, 1.807) is 11.3 Å². The van der Waals surface area contributed by atoms with Crippen LogP contribution < -0.4 is 10.3 Å². The van der Waals surface area contributed by atoms with Crippen molar-refractivity contribution in [3.8, 4) is 0 Å². The summed E-state index contributed by atoms with van der Waals surface area (Å²) in [5.41, 5.74) is 6.31. The first kappa shape index (κ1) is 15.5. The summed E-state index contributed by atoms with van der Waals surface area (Å²) >= 11 is 1.60. The van der Waals surface area contributed by atoms with Crippen LogP contribution >= 0.6 is 11.3 Å². The Bertz CT molecular complexity index is 755. The Kier molecular flexibility index (Phi) is 4.88. The van der Waals surface area contributed by atoms with Crippen molar-refractivity contribution in [2.45, 2.75) is 13.8 Å². The first-order valence-electron chi connectivity index (χ1n) is 7.79. The van der Waals surface area contributed by atoms with E-state index in [-0.39, 0.29) is 0 Å². The van der Waals surface area contributed by atoms with Gasteiger partial charge in [-0.1, -0.05) is 35.6 Å². The lowest BCUT2D eigenvalue weighted by molar-refractivity contribution is 0.866. The molecular formula is C18H20N4S. The van der Waals surface area contributed by atoms with Gasteiger partial charge in [0.15, 0.2) is 0 Å². The normalized spacial score (nSPS) is 11.2. The molecule has 0 bridgehead atoms. The van der Waals surface area contributed by atoms with Crippen LogP contribution in [0.15, 0.2) is 53.6 Å². The number of para-hydroxylation sites is 1. The zero-order valence-corrected chi connectivity index (χ0v) is 14.2. The third-order valence-corrected chi connectivity index (χ3v) is 4.63. The molecule has 0 unspecified atom stereocenters. The van der Waals surface area contributed by atoms with Crippen LogP contribution in [0.1, 0.15) is 19.4 Å². The molecule has 0 aliphatic carbocycles. The van der Waals surface area contributed by atoms with Crippen LogP contribution in [0, 0.1) is 0 Å². The summed E-state index contributed by atoms with van der Waals surface area (Å²) in [7, 11) is 0. The second kappa shape index (κ2) is 7.24. The zero-order valence-electron chi connectivity index (χ0n) is 13.4. The molecule has 1 aromatic heterocycles. The van der Waals surface area contributed by atoms with Gasteiger partial charge in [-0.15, -0.1) is 0 Å². The van der Waals surface area contributed by atoms with E-state index >= 15 is 0 Å². The van der Waals surface area contributed by atoms with Crippen molar-refractivity contribution in [3.63, 3.8) is 0 Å². The van der Waals surface area contributed by atoms with Gasteiger partial charge in [0, 0.05) is 18.8 Å². The topological polar surface area (TPSA) is 40.5 Å². The quantitative estimate of drug-likeness (QED) is 0.532. The fourth-order valence-corrected chi connectivity index (χ4v) is 3.26. The Hall–Kier alpha value is -2.40. The van der Waals surface area contributed by atoms with E-state index in [1.807, 2.05) is 24.4 Å². The molecule has 3 rings (SSSR count). The highest BCUT2D eigenvalue weighted by molar-refractivity contribution is 7.22. The summed E-state index contributed by atoms with van der Waals surface area (Å²) in [6.45, 7) is 6.37. The minimum atomic E-state index is 0.808. The predicted molar refractivity (Wildman–Crippen MR) is 101 cm³/mol. The number of hydrogen-bond acceptors (Lipinski definition) is 5. The molecule has 0 saturated carbocycles. The number of nitrogens with one attached hydrogen (secondary N) is 1. The summed E-state index contributed by atoms with van der Waals surface area (Å²) in [6, 6.07) is 16.5. The standard InChI is InChI=1S/C18H20N4S/c1-3-22(4-2)15-11-9-14(10-12-15)13-19-21-18-20-16-7-5-6-8-17(16)23-18/h5-13H,3-4H2,1-2H3,(H,20,21)/b19-13+.